The molecule has 0 saturated heterocycles. The maximum Gasteiger partial charge on any atom is 0.416 e. The summed E-state index contributed by atoms with van der Waals surface area (Å²) in [4.78, 5) is 12.9. The van der Waals surface area contributed by atoms with E-state index < -0.39 is 33.4 Å². The van der Waals surface area contributed by atoms with Crippen LogP contribution in [-0.4, -0.2) is 30.2 Å². The summed E-state index contributed by atoms with van der Waals surface area (Å²) in [7, 11) is -3.88. The van der Waals surface area contributed by atoms with Crippen molar-refractivity contribution >= 4 is 15.6 Å². The minimum absolute atomic E-state index is 0.114. The number of nitrogens with one attached hydrogen (secondary N) is 1. The summed E-state index contributed by atoms with van der Waals surface area (Å²) in [6.45, 7) is 0. The Labute approximate surface area is 176 Å². The highest BCUT2D eigenvalue weighted by Crippen LogP contribution is 2.51. The molecule has 3 aliphatic carbocycles. The smallest absolute Gasteiger partial charge is 0.292 e. The van der Waals surface area contributed by atoms with Crippen LogP contribution in [0.25, 0.3) is 0 Å². The van der Waals surface area contributed by atoms with Gasteiger partial charge in [-0.05, 0) is 47.7 Å². The van der Waals surface area contributed by atoms with Gasteiger partial charge in [-0.15, -0.1) is 0 Å². The maximum absolute atomic E-state index is 13.1. The average Bonchev–Trinajstić information content (AvgIpc) is 3.15. The number of ketones is 1. The molecule has 2 aromatic carbocycles. The van der Waals surface area contributed by atoms with E-state index in [4.69, 9.17) is 0 Å². The molecule has 0 fully saturated rings. The van der Waals surface area contributed by atoms with E-state index in [9.17, 15) is 26.4 Å². The van der Waals surface area contributed by atoms with E-state index in [0.29, 0.717) is 17.7 Å². The van der Waals surface area contributed by atoms with Crippen LogP contribution in [0.15, 0.2) is 59.6 Å². The zero-order valence-electron chi connectivity index (χ0n) is 16.1. The third-order valence-corrected chi connectivity index (χ3v) is 8.11. The van der Waals surface area contributed by atoms with Gasteiger partial charge in [0.15, 0.2) is 15.6 Å². The normalized spacial score (nSPS) is 22.7. The third kappa shape index (κ3) is 3.18. The van der Waals surface area contributed by atoms with Crippen molar-refractivity contribution < 1.29 is 26.4 Å². The fraction of sp³-hybridized carbons (Fsp3) is 0.273. The Morgan fingerprint density at radius 1 is 1.00 bits per heavy atom. The van der Waals surface area contributed by atoms with E-state index in [0.717, 1.165) is 35.4 Å². The number of nitrogens with zero attached hydrogens (tertiary/aromatic N) is 1. The van der Waals surface area contributed by atoms with E-state index in [-0.39, 0.29) is 22.3 Å². The van der Waals surface area contributed by atoms with Crippen LogP contribution in [-0.2, 0) is 16.0 Å². The number of aromatic nitrogens is 2. The molecule has 3 aromatic rings. The summed E-state index contributed by atoms with van der Waals surface area (Å²) in [6.07, 6.45) is -2.62. The van der Waals surface area contributed by atoms with E-state index in [1.807, 2.05) is 24.3 Å². The molecular formula is C22H17F3N2O3S. The lowest BCUT2D eigenvalue weighted by Crippen LogP contribution is -2.29. The molecule has 3 atom stereocenters. The highest BCUT2D eigenvalue weighted by Gasteiger charge is 2.46. The van der Waals surface area contributed by atoms with Gasteiger partial charge < -0.3 is 0 Å². The molecular weight excluding hydrogens is 429 g/mol. The Hall–Kier alpha value is -2.94. The molecule has 3 aliphatic rings. The lowest BCUT2D eigenvalue weighted by atomic mass is 9.71. The molecule has 1 heterocycles. The number of benzene rings is 2. The van der Waals surface area contributed by atoms with Crippen molar-refractivity contribution in [2.75, 3.05) is 5.75 Å². The monoisotopic (exact) mass is 446 g/mol. The van der Waals surface area contributed by atoms with Crippen molar-refractivity contribution in [1.82, 2.24) is 10.2 Å². The molecule has 3 unspecified atom stereocenters. The standard InChI is InChI=1S/C22H17F3N2O3S/c23-22(24,25)13-5-7-14(8-6-13)31(29,30)11-12-9-17-15-3-1-2-4-16(15)19(12)18-10-26-27-20(18)21(17)28/h1-8,10,12,17,19H,9,11H2,(H,26,27). The molecule has 0 amide bonds. The molecule has 0 aliphatic heterocycles. The molecule has 6 rings (SSSR count). The number of aromatic amines is 1. The molecule has 5 nitrogen and oxygen atoms in total. The summed E-state index contributed by atoms with van der Waals surface area (Å²) in [5.74, 6) is -1.61. The van der Waals surface area contributed by atoms with Crippen molar-refractivity contribution in [3.63, 3.8) is 0 Å². The largest absolute Gasteiger partial charge is 0.416 e. The first-order chi connectivity index (χ1) is 14.7. The Balaban J connectivity index is 1.54. The molecule has 2 bridgehead atoms. The van der Waals surface area contributed by atoms with Gasteiger partial charge in [-0.2, -0.15) is 18.3 Å². The van der Waals surface area contributed by atoms with Gasteiger partial charge in [0.05, 0.1) is 22.4 Å². The number of sulfone groups is 1. The number of rotatable bonds is 3. The number of fused-ring (bicyclic) bond motifs is 1. The number of carbonyl (C=O) groups excluding carboxylic acids is 1. The van der Waals surface area contributed by atoms with Crippen LogP contribution in [0.1, 0.15) is 51.0 Å². The maximum atomic E-state index is 13.1. The molecule has 0 spiro atoms. The number of hydrogen-bond donors (Lipinski definition) is 1. The second kappa shape index (κ2) is 6.78. The molecule has 9 heteroatoms. The van der Waals surface area contributed by atoms with Gasteiger partial charge in [0, 0.05) is 17.4 Å². The first-order valence-corrected chi connectivity index (χ1v) is 11.4. The lowest BCUT2D eigenvalue weighted by molar-refractivity contribution is -0.137. The number of halogens is 3. The highest BCUT2D eigenvalue weighted by atomic mass is 32.2. The number of Topliss-reactive ketones (excluding diaryl/α,β-unsaturated/α-hetero) is 1. The zero-order chi connectivity index (χ0) is 22.0. The van der Waals surface area contributed by atoms with Crippen LogP contribution in [0.3, 0.4) is 0 Å². The van der Waals surface area contributed by atoms with E-state index in [1.165, 1.54) is 0 Å². The van der Waals surface area contributed by atoms with Crippen LogP contribution < -0.4 is 0 Å². The zero-order valence-corrected chi connectivity index (χ0v) is 16.9. The first-order valence-electron chi connectivity index (χ1n) is 9.73. The highest BCUT2D eigenvalue weighted by molar-refractivity contribution is 7.91. The van der Waals surface area contributed by atoms with Crippen molar-refractivity contribution in [3.8, 4) is 0 Å². The number of carbonyl (C=O) groups is 1. The number of hydrogen-bond acceptors (Lipinski definition) is 4. The summed E-state index contributed by atoms with van der Waals surface area (Å²) < 4.78 is 64.7. The van der Waals surface area contributed by atoms with Gasteiger partial charge in [-0.25, -0.2) is 8.42 Å². The summed E-state index contributed by atoms with van der Waals surface area (Å²) in [5.41, 5.74) is 1.97. The SMILES string of the molecule is O=C1c2[nH]ncc2C2c3ccccc3C1CC2CS(=O)(=O)c1ccc(C(F)(F)F)cc1. The van der Waals surface area contributed by atoms with Crippen molar-refractivity contribution in [2.24, 2.45) is 5.92 Å². The Bertz CT molecular complexity index is 1280. The van der Waals surface area contributed by atoms with Gasteiger partial charge in [-0.3, -0.25) is 9.89 Å². The molecule has 0 radical (unpaired) electrons. The van der Waals surface area contributed by atoms with Crippen molar-refractivity contribution in [1.29, 1.82) is 0 Å². The first kappa shape index (κ1) is 20.0. The van der Waals surface area contributed by atoms with E-state index in [1.54, 1.807) is 6.20 Å². The van der Waals surface area contributed by atoms with Crippen molar-refractivity contribution in [2.45, 2.75) is 29.3 Å². The van der Waals surface area contributed by atoms with Crippen LogP contribution >= 0.6 is 0 Å². The van der Waals surface area contributed by atoms with Crippen molar-refractivity contribution in [3.05, 3.63) is 82.7 Å². The molecule has 1 aromatic heterocycles. The second-order valence-corrected chi connectivity index (χ2v) is 10.1. The fourth-order valence-electron chi connectivity index (χ4n) is 4.90. The number of H-pyrrole nitrogens is 1. The summed E-state index contributed by atoms with van der Waals surface area (Å²) in [6, 6.07) is 11.0. The predicted octanol–water partition coefficient (Wildman–Crippen LogP) is 4.33. The Morgan fingerprint density at radius 3 is 2.35 bits per heavy atom. The lowest BCUT2D eigenvalue weighted by Gasteiger charge is -2.34. The summed E-state index contributed by atoms with van der Waals surface area (Å²) >= 11 is 0. The topological polar surface area (TPSA) is 79.9 Å². The van der Waals surface area contributed by atoms with Gasteiger partial charge in [0.2, 0.25) is 0 Å². The Morgan fingerprint density at radius 2 is 1.68 bits per heavy atom. The second-order valence-electron chi connectivity index (χ2n) is 8.02. The van der Waals surface area contributed by atoms with Crippen LogP contribution in [0.2, 0.25) is 0 Å². The van der Waals surface area contributed by atoms with E-state index >= 15 is 0 Å². The van der Waals surface area contributed by atoms with Crippen LogP contribution in [0.4, 0.5) is 13.2 Å². The average molecular weight is 446 g/mol. The fourth-order valence-corrected chi connectivity index (χ4v) is 6.53. The third-order valence-electron chi connectivity index (χ3n) is 6.26. The van der Waals surface area contributed by atoms with Gasteiger partial charge in [-0.1, -0.05) is 24.3 Å². The number of alkyl halides is 3. The van der Waals surface area contributed by atoms with Gasteiger partial charge in [0.25, 0.3) is 0 Å². The van der Waals surface area contributed by atoms with Gasteiger partial charge >= 0.3 is 6.18 Å². The minimum Gasteiger partial charge on any atom is -0.292 e. The minimum atomic E-state index is -4.54. The van der Waals surface area contributed by atoms with Gasteiger partial charge in [0.1, 0.15) is 5.69 Å². The van der Waals surface area contributed by atoms with Crippen LogP contribution in [0.5, 0.6) is 0 Å². The van der Waals surface area contributed by atoms with E-state index in [2.05, 4.69) is 10.2 Å². The molecule has 0 saturated carbocycles. The molecule has 160 valence electrons. The summed E-state index contributed by atoms with van der Waals surface area (Å²) in [5, 5.41) is 6.77. The molecule has 31 heavy (non-hydrogen) atoms. The van der Waals surface area contributed by atoms with Crippen LogP contribution in [0, 0.1) is 5.92 Å². The predicted molar refractivity (Wildman–Crippen MR) is 106 cm³/mol. The molecule has 1 N–H and O–H groups in total. The Kier molecular flexibility index (Phi) is 4.37. The quantitative estimate of drug-likeness (QED) is 0.649.